The Morgan fingerprint density at radius 1 is 1.17 bits per heavy atom. The lowest BCUT2D eigenvalue weighted by atomic mass is 9.75. The maximum absolute atomic E-state index is 3.65. The molecule has 1 heteroatoms. The smallest absolute Gasteiger partial charge is 0.00726 e. The monoisotopic (exact) mass is 247 g/mol. The molecule has 0 aliphatic heterocycles. The van der Waals surface area contributed by atoms with E-state index in [2.05, 4.69) is 64.2 Å². The van der Waals surface area contributed by atoms with E-state index < -0.39 is 0 Å². The molecule has 0 amide bonds. The molecule has 0 bridgehead atoms. The quantitative estimate of drug-likeness (QED) is 0.757. The Kier molecular flexibility index (Phi) is 5.87. The summed E-state index contributed by atoms with van der Waals surface area (Å²) in [5.74, 6) is 0.717. The first-order valence-corrected chi connectivity index (χ1v) is 7.32. The Labute approximate surface area is 113 Å². The summed E-state index contributed by atoms with van der Waals surface area (Å²) in [5, 5.41) is 3.65. The largest absolute Gasteiger partial charge is 0.316 e. The van der Waals surface area contributed by atoms with E-state index in [0.29, 0.717) is 11.3 Å². The van der Waals surface area contributed by atoms with Crippen molar-refractivity contribution >= 4 is 0 Å². The maximum Gasteiger partial charge on any atom is 0.00726 e. The lowest BCUT2D eigenvalue weighted by molar-refractivity contribution is 0.358. The highest BCUT2D eigenvalue weighted by atomic mass is 14.9. The van der Waals surface area contributed by atoms with Crippen molar-refractivity contribution in [1.29, 1.82) is 0 Å². The molecule has 0 aliphatic carbocycles. The van der Waals surface area contributed by atoms with Gasteiger partial charge in [0, 0.05) is 12.0 Å². The van der Waals surface area contributed by atoms with Gasteiger partial charge in [-0.05, 0) is 37.8 Å². The summed E-state index contributed by atoms with van der Waals surface area (Å²) >= 11 is 0. The van der Waals surface area contributed by atoms with E-state index in [4.69, 9.17) is 0 Å². The fraction of sp³-hybridized carbons (Fsp3) is 0.647. The highest BCUT2D eigenvalue weighted by Gasteiger charge is 2.27. The summed E-state index contributed by atoms with van der Waals surface area (Å²) in [7, 11) is 0. The molecule has 0 radical (unpaired) electrons. The van der Waals surface area contributed by atoms with Crippen LogP contribution in [0.15, 0.2) is 24.3 Å². The van der Waals surface area contributed by atoms with E-state index in [-0.39, 0.29) is 0 Å². The van der Waals surface area contributed by atoms with Gasteiger partial charge in [-0.1, -0.05) is 57.5 Å². The molecule has 0 unspecified atom stereocenters. The van der Waals surface area contributed by atoms with Gasteiger partial charge in [-0.15, -0.1) is 0 Å². The summed E-state index contributed by atoms with van der Waals surface area (Å²) < 4.78 is 0. The summed E-state index contributed by atoms with van der Waals surface area (Å²) in [6, 6.07) is 9.01. The molecule has 0 atom stereocenters. The van der Waals surface area contributed by atoms with E-state index in [0.717, 1.165) is 13.1 Å². The molecule has 1 aromatic rings. The first-order valence-electron chi connectivity index (χ1n) is 7.32. The minimum absolute atomic E-state index is 0.293. The topological polar surface area (TPSA) is 12.0 Å². The molecule has 1 nitrogen and oxygen atoms in total. The zero-order chi connectivity index (χ0) is 13.6. The Hall–Kier alpha value is -0.820. The van der Waals surface area contributed by atoms with Gasteiger partial charge in [0.25, 0.3) is 0 Å². The zero-order valence-electron chi connectivity index (χ0n) is 12.7. The van der Waals surface area contributed by atoms with Crippen molar-refractivity contribution in [3.8, 4) is 0 Å². The molecule has 1 aromatic carbocycles. The van der Waals surface area contributed by atoms with Crippen LogP contribution in [0.5, 0.6) is 0 Å². The average Bonchev–Trinajstić information content (AvgIpc) is 2.35. The fourth-order valence-electron chi connectivity index (χ4n) is 2.59. The van der Waals surface area contributed by atoms with E-state index in [1.54, 1.807) is 0 Å². The second-order valence-electron chi connectivity index (χ2n) is 5.88. The van der Waals surface area contributed by atoms with Crippen LogP contribution < -0.4 is 5.32 Å². The first-order chi connectivity index (χ1) is 8.54. The molecule has 0 aromatic heterocycles. The van der Waals surface area contributed by atoms with Crippen LogP contribution in [-0.2, 0) is 5.41 Å². The third-order valence-electron chi connectivity index (χ3n) is 4.00. The molecule has 18 heavy (non-hydrogen) atoms. The number of hydrogen-bond acceptors (Lipinski definition) is 1. The minimum atomic E-state index is 0.293. The predicted molar refractivity (Wildman–Crippen MR) is 81.1 cm³/mol. The molecular formula is C17H29N. The van der Waals surface area contributed by atoms with Gasteiger partial charge >= 0.3 is 0 Å². The summed E-state index contributed by atoms with van der Waals surface area (Å²) in [5.41, 5.74) is 3.15. The first kappa shape index (κ1) is 15.2. The van der Waals surface area contributed by atoms with E-state index in [9.17, 15) is 0 Å². The molecule has 102 valence electrons. The van der Waals surface area contributed by atoms with Crippen LogP contribution in [0.2, 0.25) is 0 Å². The molecule has 0 spiro atoms. The molecule has 0 saturated carbocycles. The van der Waals surface area contributed by atoms with Crippen molar-refractivity contribution in [1.82, 2.24) is 5.32 Å². The molecule has 0 fully saturated rings. The van der Waals surface area contributed by atoms with Crippen molar-refractivity contribution in [3.05, 3.63) is 35.4 Å². The number of nitrogens with one attached hydrogen (secondary N) is 1. The van der Waals surface area contributed by atoms with Gasteiger partial charge in [-0.3, -0.25) is 0 Å². The van der Waals surface area contributed by atoms with Crippen LogP contribution in [0.1, 0.15) is 51.7 Å². The summed E-state index contributed by atoms with van der Waals surface area (Å²) in [6.07, 6.45) is 2.39. The molecular weight excluding hydrogens is 218 g/mol. The molecule has 1 rings (SSSR count). The number of rotatable bonds is 7. The number of aryl methyl sites for hydroxylation is 1. The van der Waals surface area contributed by atoms with Crippen LogP contribution >= 0.6 is 0 Å². The highest BCUT2D eigenvalue weighted by molar-refractivity contribution is 5.30. The molecule has 0 saturated heterocycles. The lowest BCUT2D eigenvalue weighted by Gasteiger charge is -2.33. The van der Waals surface area contributed by atoms with Crippen molar-refractivity contribution in [2.75, 3.05) is 13.1 Å². The summed E-state index contributed by atoms with van der Waals surface area (Å²) in [4.78, 5) is 0. The highest BCUT2D eigenvalue weighted by Crippen LogP contribution is 2.31. The van der Waals surface area contributed by atoms with Gasteiger partial charge in [-0.25, -0.2) is 0 Å². The van der Waals surface area contributed by atoms with Crippen LogP contribution in [0.4, 0.5) is 0 Å². The lowest BCUT2D eigenvalue weighted by Crippen LogP contribution is -2.38. The Balaban J connectivity index is 2.85. The Morgan fingerprint density at radius 2 is 1.83 bits per heavy atom. The van der Waals surface area contributed by atoms with Crippen LogP contribution in [0.25, 0.3) is 0 Å². The fourth-order valence-corrected chi connectivity index (χ4v) is 2.59. The predicted octanol–water partition coefficient (Wildman–Crippen LogP) is 4.30. The second-order valence-corrected chi connectivity index (χ2v) is 5.88. The third-order valence-corrected chi connectivity index (χ3v) is 4.00. The average molecular weight is 247 g/mol. The maximum atomic E-state index is 3.65. The van der Waals surface area contributed by atoms with Crippen molar-refractivity contribution in [3.63, 3.8) is 0 Å². The van der Waals surface area contributed by atoms with Gasteiger partial charge in [0.1, 0.15) is 0 Å². The molecule has 0 heterocycles. The third kappa shape index (κ3) is 3.84. The van der Waals surface area contributed by atoms with Crippen LogP contribution in [0.3, 0.4) is 0 Å². The van der Waals surface area contributed by atoms with Gasteiger partial charge in [-0.2, -0.15) is 0 Å². The number of hydrogen-bond donors (Lipinski definition) is 1. The van der Waals surface area contributed by atoms with Crippen molar-refractivity contribution < 1.29 is 0 Å². The van der Waals surface area contributed by atoms with Gasteiger partial charge < -0.3 is 5.32 Å². The molecule has 0 aliphatic rings. The van der Waals surface area contributed by atoms with Crippen LogP contribution in [-0.4, -0.2) is 13.1 Å². The second kappa shape index (κ2) is 6.94. The summed E-state index contributed by atoms with van der Waals surface area (Å²) in [6.45, 7) is 13.5. The van der Waals surface area contributed by atoms with Crippen molar-refractivity contribution in [2.45, 2.75) is 52.9 Å². The van der Waals surface area contributed by atoms with E-state index in [1.165, 1.54) is 24.0 Å². The Morgan fingerprint density at radius 3 is 2.33 bits per heavy atom. The van der Waals surface area contributed by atoms with Gasteiger partial charge in [0.15, 0.2) is 0 Å². The minimum Gasteiger partial charge on any atom is -0.316 e. The normalized spacial score (nSPS) is 12.1. The molecule has 1 N–H and O–H groups in total. The Bertz CT molecular complexity index is 350. The van der Waals surface area contributed by atoms with E-state index >= 15 is 0 Å². The zero-order valence-corrected chi connectivity index (χ0v) is 12.7. The van der Waals surface area contributed by atoms with Crippen LogP contribution in [0, 0.1) is 12.8 Å². The van der Waals surface area contributed by atoms with Gasteiger partial charge in [0.2, 0.25) is 0 Å². The number of benzene rings is 1. The van der Waals surface area contributed by atoms with Crippen molar-refractivity contribution in [2.24, 2.45) is 5.92 Å². The standard InChI is InChI=1S/C17H29N/c1-6-17(7-2,13-18-12-14(3)4)16-10-8-9-15(5)11-16/h8-11,14,18H,6-7,12-13H2,1-5H3. The van der Waals surface area contributed by atoms with Gasteiger partial charge in [0.05, 0.1) is 0 Å². The SMILES string of the molecule is CCC(CC)(CNCC(C)C)c1cccc(C)c1. The van der Waals surface area contributed by atoms with E-state index in [1.807, 2.05) is 0 Å².